The number of hydrogen-bond acceptors (Lipinski definition) is 4. The number of nitrogens with zero attached hydrogens (tertiary/aromatic N) is 2. The Bertz CT molecular complexity index is 1240. The van der Waals surface area contributed by atoms with E-state index in [4.69, 9.17) is 26.1 Å². The van der Waals surface area contributed by atoms with Gasteiger partial charge in [0.25, 0.3) is 5.91 Å². The summed E-state index contributed by atoms with van der Waals surface area (Å²) in [6.07, 6.45) is 1.50. The van der Waals surface area contributed by atoms with Gasteiger partial charge in [-0.15, -0.1) is 0 Å². The molecule has 0 bridgehead atoms. The van der Waals surface area contributed by atoms with Crippen LogP contribution in [0, 0.1) is 0 Å². The molecule has 1 amide bonds. The second-order valence-electron chi connectivity index (χ2n) is 7.54. The van der Waals surface area contributed by atoms with Crippen LogP contribution < -0.4 is 14.8 Å². The molecule has 170 valence electrons. The SMILES string of the molecule is COc1ccccc1OCCn1c(CCCNC(=O)c2cccc(Cl)c2)nc2ccccc21. The van der Waals surface area contributed by atoms with Crippen LogP contribution in [0.1, 0.15) is 22.6 Å². The second kappa shape index (κ2) is 10.9. The number of benzene rings is 3. The van der Waals surface area contributed by atoms with Crippen molar-refractivity contribution in [1.82, 2.24) is 14.9 Å². The molecule has 0 fully saturated rings. The average Bonchev–Trinajstić information content (AvgIpc) is 3.19. The van der Waals surface area contributed by atoms with E-state index in [0.717, 1.165) is 35.4 Å². The molecule has 1 aromatic heterocycles. The summed E-state index contributed by atoms with van der Waals surface area (Å²) in [6, 6.07) is 22.6. The smallest absolute Gasteiger partial charge is 0.251 e. The van der Waals surface area contributed by atoms with Gasteiger partial charge in [0.1, 0.15) is 12.4 Å². The number of aromatic nitrogens is 2. The Morgan fingerprint density at radius 2 is 1.82 bits per heavy atom. The van der Waals surface area contributed by atoms with Crippen LogP contribution in [0.3, 0.4) is 0 Å². The first-order valence-electron chi connectivity index (χ1n) is 10.9. The fraction of sp³-hybridized carbons (Fsp3) is 0.231. The first kappa shape index (κ1) is 22.7. The molecule has 0 aliphatic heterocycles. The van der Waals surface area contributed by atoms with E-state index in [0.29, 0.717) is 36.0 Å². The summed E-state index contributed by atoms with van der Waals surface area (Å²) in [6.45, 7) is 1.69. The molecule has 0 aliphatic carbocycles. The maximum absolute atomic E-state index is 12.3. The highest BCUT2D eigenvalue weighted by atomic mass is 35.5. The number of imidazole rings is 1. The third-order valence-corrected chi connectivity index (χ3v) is 5.56. The zero-order valence-electron chi connectivity index (χ0n) is 18.5. The minimum absolute atomic E-state index is 0.129. The summed E-state index contributed by atoms with van der Waals surface area (Å²) in [5.41, 5.74) is 2.58. The standard InChI is InChI=1S/C26H26ClN3O3/c1-32-23-12-4-5-13-24(23)33-17-16-30-22-11-3-2-10-21(22)29-25(30)14-7-15-28-26(31)19-8-6-9-20(27)18-19/h2-6,8-13,18H,7,14-17H2,1H3,(H,28,31). The van der Waals surface area contributed by atoms with E-state index in [-0.39, 0.29) is 5.91 Å². The fourth-order valence-corrected chi connectivity index (χ4v) is 3.92. The van der Waals surface area contributed by atoms with E-state index < -0.39 is 0 Å². The lowest BCUT2D eigenvalue weighted by Crippen LogP contribution is -2.25. The van der Waals surface area contributed by atoms with E-state index in [2.05, 4.69) is 16.0 Å². The van der Waals surface area contributed by atoms with Gasteiger partial charge in [-0.2, -0.15) is 0 Å². The van der Waals surface area contributed by atoms with Crippen LogP contribution in [-0.4, -0.2) is 35.7 Å². The van der Waals surface area contributed by atoms with E-state index in [9.17, 15) is 4.79 Å². The lowest BCUT2D eigenvalue weighted by atomic mass is 10.2. The van der Waals surface area contributed by atoms with E-state index in [1.807, 2.05) is 42.5 Å². The Balaban J connectivity index is 1.38. The number of fused-ring (bicyclic) bond motifs is 1. The molecule has 0 saturated carbocycles. The van der Waals surface area contributed by atoms with Gasteiger partial charge in [-0.05, 0) is 48.9 Å². The summed E-state index contributed by atoms with van der Waals surface area (Å²) in [5.74, 6) is 2.27. The van der Waals surface area contributed by atoms with Crippen molar-refractivity contribution in [2.24, 2.45) is 0 Å². The van der Waals surface area contributed by atoms with Gasteiger partial charge in [0.15, 0.2) is 11.5 Å². The number of amides is 1. The number of aryl methyl sites for hydroxylation is 1. The first-order valence-corrected chi connectivity index (χ1v) is 11.3. The van der Waals surface area contributed by atoms with Gasteiger partial charge < -0.3 is 19.4 Å². The molecule has 7 heteroatoms. The molecule has 0 saturated heterocycles. The number of methoxy groups -OCH3 is 1. The maximum Gasteiger partial charge on any atom is 0.251 e. The van der Waals surface area contributed by atoms with Crippen molar-refractivity contribution in [2.75, 3.05) is 20.3 Å². The Morgan fingerprint density at radius 3 is 2.64 bits per heavy atom. The highest BCUT2D eigenvalue weighted by molar-refractivity contribution is 6.30. The lowest BCUT2D eigenvalue weighted by molar-refractivity contribution is 0.0953. The summed E-state index contributed by atoms with van der Waals surface area (Å²) >= 11 is 5.98. The van der Waals surface area contributed by atoms with Gasteiger partial charge in [0.05, 0.1) is 24.7 Å². The number of halogens is 1. The van der Waals surface area contributed by atoms with Crippen molar-refractivity contribution in [2.45, 2.75) is 19.4 Å². The molecule has 0 aliphatic rings. The molecule has 0 unspecified atom stereocenters. The highest BCUT2D eigenvalue weighted by Crippen LogP contribution is 2.26. The van der Waals surface area contributed by atoms with Gasteiger partial charge in [-0.25, -0.2) is 4.98 Å². The van der Waals surface area contributed by atoms with Crippen LogP contribution in [0.4, 0.5) is 0 Å². The Morgan fingerprint density at radius 1 is 1.03 bits per heavy atom. The molecular weight excluding hydrogens is 438 g/mol. The van der Waals surface area contributed by atoms with Crippen molar-refractivity contribution in [3.05, 3.63) is 89.2 Å². The molecule has 0 spiro atoms. The number of ether oxygens (including phenoxy) is 2. The normalized spacial score (nSPS) is 10.8. The monoisotopic (exact) mass is 463 g/mol. The van der Waals surface area contributed by atoms with Crippen LogP contribution in [0.15, 0.2) is 72.8 Å². The lowest BCUT2D eigenvalue weighted by Gasteiger charge is -2.13. The number of hydrogen-bond donors (Lipinski definition) is 1. The minimum atomic E-state index is -0.129. The number of rotatable bonds is 10. The predicted octanol–water partition coefficient (Wildman–Crippen LogP) is 5.14. The van der Waals surface area contributed by atoms with Crippen LogP contribution in [0.2, 0.25) is 5.02 Å². The predicted molar refractivity (Wildman–Crippen MR) is 130 cm³/mol. The summed E-state index contributed by atoms with van der Waals surface area (Å²) < 4.78 is 13.5. The minimum Gasteiger partial charge on any atom is -0.493 e. The summed E-state index contributed by atoms with van der Waals surface area (Å²) in [5, 5.41) is 3.50. The Kier molecular flexibility index (Phi) is 7.47. The first-order chi connectivity index (χ1) is 16.2. The Hall–Kier alpha value is -3.51. The molecule has 1 heterocycles. The molecule has 33 heavy (non-hydrogen) atoms. The largest absolute Gasteiger partial charge is 0.493 e. The molecule has 6 nitrogen and oxygen atoms in total. The van der Waals surface area contributed by atoms with Crippen LogP contribution in [0.25, 0.3) is 11.0 Å². The third kappa shape index (κ3) is 5.65. The van der Waals surface area contributed by atoms with E-state index >= 15 is 0 Å². The molecule has 0 radical (unpaired) electrons. The average molecular weight is 464 g/mol. The Labute approximate surface area is 198 Å². The van der Waals surface area contributed by atoms with Crippen molar-refractivity contribution in [3.8, 4) is 11.5 Å². The van der Waals surface area contributed by atoms with Crippen molar-refractivity contribution in [1.29, 1.82) is 0 Å². The number of carbonyl (C=O) groups is 1. The van der Waals surface area contributed by atoms with Gasteiger partial charge in [-0.3, -0.25) is 4.79 Å². The molecular formula is C26H26ClN3O3. The van der Waals surface area contributed by atoms with Gasteiger partial charge in [0, 0.05) is 23.6 Å². The zero-order valence-corrected chi connectivity index (χ0v) is 19.2. The van der Waals surface area contributed by atoms with Crippen molar-refractivity contribution < 1.29 is 14.3 Å². The molecule has 1 N–H and O–H groups in total. The van der Waals surface area contributed by atoms with E-state index in [1.54, 1.807) is 31.4 Å². The maximum atomic E-state index is 12.3. The summed E-state index contributed by atoms with van der Waals surface area (Å²) in [4.78, 5) is 17.1. The van der Waals surface area contributed by atoms with E-state index in [1.165, 1.54) is 0 Å². The molecule has 3 aromatic carbocycles. The summed E-state index contributed by atoms with van der Waals surface area (Å²) in [7, 11) is 1.63. The number of carbonyl (C=O) groups excluding carboxylic acids is 1. The fourth-order valence-electron chi connectivity index (χ4n) is 3.73. The molecule has 4 rings (SSSR count). The highest BCUT2D eigenvalue weighted by Gasteiger charge is 2.12. The third-order valence-electron chi connectivity index (χ3n) is 5.32. The van der Waals surface area contributed by atoms with Gasteiger partial charge >= 0.3 is 0 Å². The van der Waals surface area contributed by atoms with Crippen molar-refractivity contribution >= 4 is 28.5 Å². The quantitative estimate of drug-likeness (QED) is 0.331. The number of para-hydroxylation sites is 4. The van der Waals surface area contributed by atoms with Crippen LogP contribution >= 0.6 is 11.6 Å². The second-order valence-corrected chi connectivity index (χ2v) is 7.97. The van der Waals surface area contributed by atoms with Gasteiger partial charge in [-0.1, -0.05) is 41.9 Å². The van der Waals surface area contributed by atoms with Gasteiger partial charge in [0.2, 0.25) is 0 Å². The number of nitrogens with one attached hydrogen (secondary N) is 1. The topological polar surface area (TPSA) is 65.4 Å². The van der Waals surface area contributed by atoms with Crippen LogP contribution in [0.5, 0.6) is 11.5 Å². The molecule has 4 aromatic rings. The van der Waals surface area contributed by atoms with Crippen LogP contribution in [-0.2, 0) is 13.0 Å². The zero-order chi connectivity index (χ0) is 23.0. The van der Waals surface area contributed by atoms with Crippen molar-refractivity contribution in [3.63, 3.8) is 0 Å². The molecule has 0 atom stereocenters.